The number of rotatable bonds is 2. The second-order valence-electron chi connectivity index (χ2n) is 4.57. The lowest BCUT2D eigenvalue weighted by atomic mass is 10.2. The number of H-pyrrole nitrogens is 1. The standard InChI is InChI=1S/C13H9BrN6S/c1-7-6-10(16-15-7)11-17-18-13-20(11)19-12(21-13)8-2-4-9(14)5-3-8/h2-6H,1H3,(H,15,16). The number of nitrogens with zero attached hydrogens (tertiary/aromatic N) is 5. The first-order valence-corrected chi connectivity index (χ1v) is 7.82. The van der Waals surface area contributed by atoms with Crippen molar-refractivity contribution < 1.29 is 0 Å². The molecule has 4 aromatic rings. The summed E-state index contributed by atoms with van der Waals surface area (Å²) in [4.78, 5) is 0.753. The number of nitrogens with one attached hydrogen (secondary N) is 1. The molecule has 1 N–H and O–H groups in total. The van der Waals surface area contributed by atoms with E-state index in [1.807, 2.05) is 37.3 Å². The van der Waals surface area contributed by atoms with Gasteiger partial charge in [0, 0.05) is 15.7 Å². The summed E-state index contributed by atoms with van der Waals surface area (Å²) >= 11 is 4.94. The Hall–Kier alpha value is -2.06. The van der Waals surface area contributed by atoms with E-state index >= 15 is 0 Å². The highest BCUT2D eigenvalue weighted by Crippen LogP contribution is 2.28. The molecule has 0 spiro atoms. The van der Waals surface area contributed by atoms with E-state index in [1.165, 1.54) is 11.3 Å². The van der Waals surface area contributed by atoms with Crippen LogP contribution in [0.2, 0.25) is 0 Å². The molecular weight excluding hydrogens is 352 g/mol. The molecule has 0 aliphatic rings. The fraction of sp³-hybridized carbons (Fsp3) is 0.0769. The molecule has 21 heavy (non-hydrogen) atoms. The van der Waals surface area contributed by atoms with E-state index in [9.17, 15) is 0 Å². The molecule has 0 saturated heterocycles. The molecule has 0 aliphatic carbocycles. The third-order valence-electron chi connectivity index (χ3n) is 3.02. The van der Waals surface area contributed by atoms with E-state index in [1.54, 1.807) is 4.52 Å². The molecule has 6 nitrogen and oxygen atoms in total. The van der Waals surface area contributed by atoms with Crippen molar-refractivity contribution >= 4 is 32.2 Å². The van der Waals surface area contributed by atoms with Gasteiger partial charge in [-0.15, -0.1) is 10.2 Å². The van der Waals surface area contributed by atoms with Crippen LogP contribution in [0.4, 0.5) is 0 Å². The van der Waals surface area contributed by atoms with Gasteiger partial charge in [-0.3, -0.25) is 5.10 Å². The van der Waals surface area contributed by atoms with Crippen LogP contribution in [0.15, 0.2) is 34.8 Å². The number of hydrogen-bond acceptors (Lipinski definition) is 5. The molecule has 0 unspecified atom stereocenters. The molecule has 0 fully saturated rings. The molecule has 3 heterocycles. The van der Waals surface area contributed by atoms with Crippen molar-refractivity contribution in [3.63, 3.8) is 0 Å². The minimum absolute atomic E-state index is 0.647. The maximum absolute atomic E-state index is 4.60. The van der Waals surface area contributed by atoms with Gasteiger partial charge in [0.25, 0.3) is 0 Å². The quantitative estimate of drug-likeness (QED) is 0.595. The highest BCUT2D eigenvalue weighted by Gasteiger charge is 2.16. The summed E-state index contributed by atoms with van der Waals surface area (Å²) in [6, 6.07) is 9.96. The summed E-state index contributed by atoms with van der Waals surface area (Å²) in [7, 11) is 0. The Kier molecular flexibility index (Phi) is 2.86. The van der Waals surface area contributed by atoms with Gasteiger partial charge in [-0.1, -0.05) is 39.4 Å². The van der Waals surface area contributed by atoms with Crippen molar-refractivity contribution in [2.75, 3.05) is 0 Å². The van der Waals surface area contributed by atoms with E-state index in [-0.39, 0.29) is 0 Å². The van der Waals surface area contributed by atoms with Crippen LogP contribution < -0.4 is 0 Å². The van der Waals surface area contributed by atoms with Gasteiger partial charge in [0.1, 0.15) is 10.7 Å². The molecule has 104 valence electrons. The molecular formula is C13H9BrN6S. The molecule has 8 heteroatoms. The van der Waals surface area contributed by atoms with Crippen LogP contribution in [0.25, 0.3) is 27.1 Å². The van der Waals surface area contributed by atoms with E-state index in [0.29, 0.717) is 5.82 Å². The summed E-state index contributed by atoms with van der Waals surface area (Å²) in [5, 5.41) is 21.0. The van der Waals surface area contributed by atoms with Gasteiger partial charge in [-0.2, -0.15) is 14.7 Å². The summed E-state index contributed by atoms with van der Waals surface area (Å²) in [6.07, 6.45) is 0. The average Bonchev–Trinajstić information content (AvgIpc) is 3.14. The number of halogens is 1. The third-order valence-corrected chi connectivity index (χ3v) is 4.49. The highest BCUT2D eigenvalue weighted by molar-refractivity contribution is 9.10. The van der Waals surface area contributed by atoms with Crippen LogP contribution in [0.3, 0.4) is 0 Å². The van der Waals surface area contributed by atoms with Crippen molar-refractivity contribution in [3.05, 3.63) is 40.5 Å². The topological polar surface area (TPSA) is 71.8 Å². The average molecular weight is 361 g/mol. The first-order valence-electron chi connectivity index (χ1n) is 6.21. The highest BCUT2D eigenvalue weighted by atomic mass is 79.9. The number of fused-ring (bicyclic) bond motifs is 1. The van der Waals surface area contributed by atoms with E-state index in [4.69, 9.17) is 0 Å². The SMILES string of the molecule is Cc1cc(-c2nnc3sc(-c4ccc(Br)cc4)nn23)n[nH]1. The molecule has 0 atom stereocenters. The maximum atomic E-state index is 4.60. The smallest absolute Gasteiger partial charge is 0.235 e. The first kappa shape index (κ1) is 12.7. The normalized spacial score (nSPS) is 11.3. The molecule has 0 saturated carbocycles. The fourth-order valence-corrected chi connectivity index (χ4v) is 3.13. The van der Waals surface area contributed by atoms with Gasteiger partial charge in [-0.05, 0) is 25.1 Å². The number of hydrogen-bond donors (Lipinski definition) is 1. The van der Waals surface area contributed by atoms with Crippen LogP contribution in [0.5, 0.6) is 0 Å². The molecule has 4 rings (SSSR count). The second kappa shape index (κ2) is 4.74. The summed E-state index contributed by atoms with van der Waals surface area (Å²) < 4.78 is 2.78. The van der Waals surface area contributed by atoms with Gasteiger partial charge in [0.15, 0.2) is 0 Å². The summed E-state index contributed by atoms with van der Waals surface area (Å²) in [5.74, 6) is 0.647. The van der Waals surface area contributed by atoms with Gasteiger partial charge >= 0.3 is 0 Å². The van der Waals surface area contributed by atoms with Gasteiger partial charge in [0.2, 0.25) is 10.8 Å². The van der Waals surface area contributed by atoms with Crippen molar-refractivity contribution in [1.82, 2.24) is 30.0 Å². The van der Waals surface area contributed by atoms with Crippen molar-refractivity contribution in [3.8, 4) is 22.1 Å². The zero-order valence-electron chi connectivity index (χ0n) is 10.9. The molecule has 0 radical (unpaired) electrons. The largest absolute Gasteiger partial charge is 0.282 e. The molecule has 0 aliphatic heterocycles. The lowest BCUT2D eigenvalue weighted by Crippen LogP contribution is -1.91. The molecule has 1 aromatic carbocycles. The zero-order chi connectivity index (χ0) is 14.4. The minimum atomic E-state index is 0.647. The first-order chi connectivity index (χ1) is 10.2. The van der Waals surface area contributed by atoms with Crippen LogP contribution in [0, 0.1) is 6.92 Å². The zero-order valence-corrected chi connectivity index (χ0v) is 13.3. The Labute approximate surface area is 132 Å². The predicted molar refractivity (Wildman–Crippen MR) is 84.1 cm³/mol. The Balaban J connectivity index is 1.84. The van der Waals surface area contributed by atoms with Crippen molar-refractivity contribution in [2.24, 2.45) is 0 Å². The van der Waals surface area contributed by atoms with Crippen LogP contribution >= 0.6 is 27.3 Å². The van der Waals surface area contributed by atoms with E-state index in [0.717, 1.165) is 31.4 Å². The Bertz CT molecular complexity index is 920. The monoisotopic (exact) mass is 360 g/mol. The minimum Gasteiger partial charge on any atom is -0.282 e. The second-order valence-corrected chi connectivity index (χ2v) is 6.44. The third kappa shape index (κ3) is 2.16. The van der Waals surface area contributed by atoms with Crippen molar-refractivity contribution in [2.45, 2.75) is 6.92 Å². The fourth-order valence-electron chi connectivity index (χ4n) is 2.02. The van der Waals surface area contributed by atoms with Crippen molar-refractivity contribution in [1.29, 1.82) is 0 Å². The number of aryl methyl sites for hydroxylation is 1. The summed E-state index contributed by atoms with van der Waals surface area (Å²) in [5.41, 5.74) is 2.77. The number of aromatic nitrogens is 6. The summed E-state index contributed by atoms with van der Waals surface area (Å²) in [6.45, 7) is 1.95. The van der Waals surface area contributed by atoms with Crippen LogP contribution in [-0.2, 0) is 0 Å². The van der Waals surface area contributed by atoms with Gasteiger partial charge in [0.05, 0.1) is 0 Å². The van der Waals surface area contributed by atoms with E-state index < -0.39 is 0 Å². The molecule has 3 aromatic heterocycles. The Morgan fingerprint density at radius 2 is 2.00 bits per heavy atom. The number of benzene rings is 1. The maximum Gasteiger partial charge on any atom is 0.235 e. The van der Waals surface area contributed by atoms with Gasteiger partial charge in [-0.25, -0.2) is 0 Å². The molecule has 0 amide bonds. The molecule has 0 bridgehead atoms. The Morgan fingerprint density at radius 3 is 2.71 bits per heavy atom. The predicted octanol–water partition coefficient (Wildman–Crippen LogP) is 3.31. The number of aromatic amines is 1. The lowest BCUT2D eigenvalue weighted by Gasteiger charge is -1.95. The van der Waals surface area contributed by atoms with E-state index in [2.05, 4.69) is 41.4 Å². The van der Waals surface area contributed by atoms with Crippen LogP contribution in [0.1, 0.15) is 5.69 Å². The van der Waals surface area contributed by atoms with Gasteiger partial charge < -0.3 is 0 Å². The Morgan fingerprint density at radius 1 is 1.19 bits per heavy atom. The lowest BCUT2D eigenvalue weighted by molar-refractivity contribution is 0.952. The van der Waals surface area contributed by atoms with Crippen LogP contribution in [-0.4, -0.2) is 30.0 Å².